The van der Waals surface area contributed by atoms with E-state index in [-0.39, 0.29) is 0 Å². The molecule has 0 aromatic heterocycles. The third-order valence-electron chi connectivity index (χ3n) is 3.42. The highest BCUT2D eigenvalue weighted by Crippen LogP contribution is 2.15. The largest absolute Gasteiger partial charge is 0.315 e. The Morgan fingerprint density at radius 2 is 2.00 bits per heavy atom. The van der Waals surface area contributed by atoms with Gasteiger partial charge in [-0.3, -0.25) is 4.90 Å². The zero-order chi connectivity index (χ0) is 14.3. The van der Waals surface area contributed by atoms with Crippen molar-refractivity contribution in [2.45, 2.75) is 52.2 Å². The molecule has 19 heavy (non-hydrogen) atoms. The normalized spacial score (nSPS) is 13.2. The number of rotatable bonds is 8. The number of halogens is 1. The lowest BCUT2D eigenvalue weighted by Gasteiger charge is -2.25. The van der Waals surface area contributed by atoms with Crippen LogP contribution in [0.5, 0.6) is 0 Å². The fourth-order valence-electron chi connectivity index (χ4n) is 2.09. The molecule has 1 atom stereocenters. The van der Waals surface area contributed by atoms with Crippen LogP contribution in [0.2, 0.25) is 0 Å². The van der Waals surface area contributed by atoms with Crippen molar-refractivity contribution in [3.8, 4) is 0 Å². The summed E-state index contributed by atoms with van der Waals surface area (Å²) in [4.78, 5) is 2.43. The number of hydrogen-bond acceptors (Lipinski definition) is 2. The van der Waals surface area contributed by atoms with E-state index in [0.29, 0.717) is 12.1 Å². The van der Waals surface area contributed by atoms with Gasteiger partial charge in [0.05, 0.1) is 0 Å². The van der Waals surface area contributed by atoms with Gasteiger partial charge in [0.1, 0.15) is 0 Å². The lowest BCUT2D eigenvalue weighted by Crippen LogP contribution is -2.30. The molecule has 0 bridgehead atoms. The summed E-state index contributed by atoms with van der Waals surface area (Å²) < 4.78 is 1.16. The molecule has 0 aliphatic rings. The molecule has 1 aromatic carbocycles. The first-order valence-corrected chi connectivity index (χ1v) is 7.96. The van der Waals surface area contributed by atoms with Gasteiger partial charge in [0, 0.05) is 23.1 Å². The maximum absolute atomic E-state index is 3.53. The average molecular weight is 327 g/mol. The summed E-state index contributed by atoms with van der Waals surface area (Å²) in [6.45, 7) is 8.84. The van der Waals surface area contributed by atoms with Crippen LogP contribution in [0, 0.1) is 0 Å². The van der Waals surface area contributed by atoms with E-state index in [1.54, 1.807) is 0 Å². The summed E-state index contributed by atoms with van der Waals surface area (Å²) in [6.07, 6.45) is 2.48. The van der Waals surface area contributed by atoms with Gasteiger partial charge in [-0.05, 0) is 51.1 Å². The van der Waals surface area contributed by atoms with Crippen LogP contribution >= 0.6 is 15.9 Å². The van der Waals surface area contributed by atoms with Crippen molar-refractivity contribution in [3.63, 3.8) is 0 Å². The van der Waals surface area contributed by atoms with E-state index in [2.05, 4.69) is 78.2 Å². The maximum Gasteiger partial charge on any atom is 0.0233 e. The van der Waals surface area contributed by atoms with Gasteiger partial charge in [0.2, 0.25) is 0 Å². The van der Waals surface area contributed by atoms with Gasteiger partial charge in [-0.15, -0.1) is 0 Å². The Morgan fingerprint density at radius 3 is 2.63 bits per heavy atom. The minimum Gasteiger partial charge on any atom is -0.315 e. The number of nitrogens with zero attached hydrogens (tertiary/aromatic N) is 1. The first kappa shape index (κ1) is 16.7. The summed E-state index contributed by atoms with van der Waals surface area (Å²) in [5.74, 6) is 0. The van der Waals surface area contributed by atoms with Gasteiger partial charge >= 0.3 is 0 Å². The van der Waals surface area contributed by atoms with E-state index in [9.17, 15) is 0 Å². The molecule has 0 fully saturated rings. The second-order valence-electron chi connectivity index (χ2n) is 5.65. The van der Waals surface area contributed by atoms with Crippen LogP contribution in [-0.2, 0) is 6.54 Å². The monoisotopic (exact) mass is 326 g/mol. The molecule has 0 saturated heterocycles. The van der Waals surface area contributed by atoms with Crippen LogP contribution in [0.4, 0.5) is 0 Å². The van der Waals surface area contributed by atoms with Gasteiger partial charge in [-0.2, -0.15) is 0 Å². The molecule has 1 N–H and O–H groups in total. The summed E-state index contributed by atoms with van der Waals surface area (Å²) in [5.41, 5.74) is 1.36. The number of nitrogens with one attached hydrogen (secondary N) is 1. The van der Waals surface area contributed by atoms with Crippen LogP contribution in [0.3, 0.4) is 0 Å². The average Bonchev–Trinajstić information content (AvgIpc) is 2.34. The summed E-state index contributed by atoms with van der Waals surface area (Å²) in [7, 11) is 2.21. The Hall–Kier alpha value is -0.380. The second kappa shape index (κ2) is 8.72. The molecule has 0 saturated carbocycles. The van der Waals surface area contributed by atoms with Crippen molar-refractivity contribution in [2.24, 2.45) is 0 Å². The van der Waals surface area contributed by atoms with Crippen LogP contribution in [0.15, 0.2) is 28.7 Å². The first-order chi connectivity index (χ1) is 8.99. The van der Waals surface area contributed by atoms with Crippen LogP contribution < -0.4 is 5.32 Å². The van der Waals surface area contributed by atoms with Crippen LogP contribution in [0.25, 0.3) is 0 Å². The molecule has 1 unspecified atom stereocenters. The third kappa shape index (κ3) is 7.09. The zero-order valence-corrected chi connectivity index (χ0v) is 14.2. The van der Waals surface area contributed by atoms with Crippen molar-refractivity contribution < 1.29 is 0 Å². The van der Waals surface area contributed by atoms with Crippen molar-refractivity contribution >= 4 is 15.9 Å². The van der Waals surface area contributed by atoms with Crippen molar-refractivity contribution in [1.29, 1.82) is 0 Å². The number of hydrogen-bond donors (Lipinski definition) is 1. The molecular formula is C16H27BrN2. The summed E-state index contributed by atoms with van der Waals surface area (Å²) in [6, 6.07) is 9.77. The Kier molecular flexibility index (Phi) is 7.66. The van der Waals surface area contributed by atoms with E-state index >= 15 is 0 Å². The lowest BCUT2D eigenvalue weighted by molar-refractivity contribution is 0.234. The highest BCUT2D eigenvalue weighted by Gasteiger charge is 2.09. The van der Waals surface area contributed by atoms with E-state index in [1.165, 1.54) is 18.4 Å². The first-order valence-electron chi connectivity index (χ1n) is 7.17. The predicted molar refractivity (Wildman–Crippen MR) is 87.4 cm³/mol. The van der Waals surface area contributed by atoms with Crippen molar-refractivity contribution in [3.05, 3.63) is 34.3 Å². The molecule has 3 heteroatoms. The molecule has 0 aliphatic carbocycles. The molecular weight excluding hydrogens is 300 g/mol. The summed E-state index contributed by atoms with van der Waals surface area (Å²) >= 11 is 3.53. The molecule has 1 aromatic rings. The Balaban J connectivity index is 2.30. The van der Waals surface area contributed by atoms with E-state index in [0.717, 1.165) is 17.6 Å². The van der Waals surface area contributed by atoms with E-state index in [1.807, 2.05) is 0 Å². The topological polar surface area (TPSA) is 15.3 Å². The zero-order valence-electron chi connectivity index (χ0n) is 12.6. The summed E-state index contributed by atoms with van der Waals surface area (Å²) in [5, 5.41) is 3.47. The van der Waals surface area contributed by atoms with E-state index < -0.39 is 0 Å². The molecule has 0 amide bonds. The fraction of sp³-hybridized carbons (Fsp3) is 0.625. The third-order valence-corrected chi connectivity index (χ3v) is 3.92. The van der Waals surface area contributed by atoms with Gasteiger partial charge in [0.15, 0.2) is 0 Å². The fourth-order valence-corrected chi connectivity index (χ4v) is 2.53. The molecule has 108 valence electrons. The second-order valence-corrected chi connectivity index (χ2v) is 6.56. The van der Waals surface area contributed by atoms with Crippen LogP contribution in [0.1, 0.15) is 39.2 Å². The SMILES string of the molecule is CC(C)NCCCC(C)N(C)Cc1cccc(Br)c1. The van der Waals surface area contributed by atoms with Gasteiger partial charge in [0.25, 0.3) is 0 Å². The smallest absolute Gasteiger partial charge is 0.0233 e. The van der Waals surface area contributed by atoms with E-state index in [4.69, 9.17) is 0 Å². The van der Waals surface area contributed by atoms with Gasteiger partial charge in [-0.25, -0.2) is 0 Å². The maximum atomic E-state index is 3.53. The predicted octanol–water partition coefficient (Wildman–Crippen LogP) is 4.05. The molecule has 1 rings (SSSR count). The Labute approximate surface area is 126 Å². The Morgan fingerprint density at radius 1 is 1.26 bits per heavy atom. The lowest BCUT2D eigenvalue weighted by atomic mass is 10.1. The van der Waals surface area contributed by atoms with Gasteiger partial charge in [-0.1, -0.05) is 41.9 Å². The minimum atomic E-state index is 0.592. The van der Waals surface area contributed by atoms with Crippen LogP contribution in [-0.4, -0.2) is 30.6 Å². The number of benzene rings is 1. The van der Waals surface area contributed by atoms with Crippen molar-refractivity contribution in [2.75, 3.05) is 13.6 Å². The molecule has 0 spiro atoms. The molecule has 0 radical (unpaired) electrons. The molecule has 0 heterocycles. The quantitative estimate of drug-likeness (QED) is 0.725. The van der Waals surface area contributed by atoms with Gasteiger partial charge < -0.3 is 5.32 Å². The highest BCUT2D eigenvalue weighted by molar-refractivity contribution is 9.10. The minimum absolute atomic E-state index is 0.592. The highest BCUT2D eigenvalue weighted by atomic mass is 79.9. The Bertz CT molecular complexity index is 366. The standard InChI is InChI=1S/C16H27BrN2/c1-13(2)18-10-6-7-14(3)19(4)12-15-8-5-9-16(17)11-15/h5,8-9,11,13-14,18H,6-7,10,12H2,1-4H3. The van der Waals surface area contributed by atoms with Crippen molar-refractivity contribution in [1.82, 2.24) is 10.2 Å². The molecule has 2 nitrogen and oxygen atoms in total. The molecule has 0 aliphatic heterocycles.